The maximum atomic E-state index is 11.8. The molecule has 0 saturated carbocycles. The van der Waals surface area contributed by atoms with E-state index in [2.05, 4.69) is 10.6 Å². The van der Waals surface area contributed by atoms with Gasteiger partial charge in [0.15, 0.2) is 0 Å². The van der Waals surface area contributed by atoms with Gasteiger partial charge in [0.25, 0.3) is 0 Å². The highest BCUT2D eigenvalue weighted by molar-refractivity contribution is 6.40. The fourth-order valence-corrected chi connectivity index (χ4v) is 2.16. The number of hydrogen-bond donors (Lipinski definition) is 3. The van der Waals surface area contributed by atoms with Crippen LogP contribution >= 0.6 is 11.6 Å². The molecule has 0 aromatic heterocycles. The van der Waals surface area contributed by atoms with E-state index in [0.29, 0.717) is 29.3 Å². The maximum Gasteiger partial charge on any atom is 0.313 e. The first-order valence-electron chi connectivity index (χ1n) is 6.56. The number of benzene rings is 1. The van der Waals surface area contributed by atoms with Crippen LogP contribution in [0.2, 0.25) is 5.02 Å². The molecule has 0 spiro atoms. The van der Waals surface area contributed by atoms with Crippen molar-refractivity contribution in [2.45, 2.75) is 18.9 Å². The fraction of sp³-hybridized carbons (Fsp3) is 0.429. The molecular formula is C14H17ClN2O4. The van der Waals surface area contributed by atoms with Crippen LogP contribution in [0.25, 0.3) is 0 Å². The van der Waals surface area contributed by atoms with E-state index in [-0.39, 0.29) is 13.2 Å². The van der Waals surface area contributed by atoms with Crippen molar-refractivity contribution in [1.82, 2.24) is 5.32 Å². The molecule has 114 valence electrons. The molecule has 1 aliphatic heterocycles. The second kappa shape index (κ2) is 6.43. The zero-order valence-electron chi connectivity index (χ0n) is 11.6. The van der Waals surface area contributed by atoms with Gasteiger partial charge in [-0.25, -0.2) is 0 Å². The minimum atomic E-state index is -1.10. The molecule has 1 aromatic rings. The number of aliphatic hydroxyl groups is 1. The predicted octanol–water partition coefficient (Wildman–Crippen LogP) is 0.855. The average Bonchev–Trinajstić information content (AvgIpc) is 2.88. The first-order chi connectivity index (χ1) is 9.91. The maximum absolute atomic E-state index is 11.8. The minimum absolute atomic E-state index is 0.0201. The molecule has 1 aromatic carbocycles. The molecule has 6 nitrogen and oxygen atoms in total. The molecular weight excluding hydrogens is 296 g/mol. The van der Waals surface area contributed by atoms with E-state index >= 15 is 0 Å². The molecule has 3 N–H and O–H groups in total. The SMILES string of the molecule is Cc1c(Cl)cccc1NC(=O)C(=O)NCC1(O)CCOC1. The van der Waals surface area contributed by atoms with Gasteiger partial charge in [0.2, 0.25) is 0 Å². The van der Waals surface area contributed by atoms with Crippen LogP contribution in [0.5, 0.6) is 0 Å². The highest BCUT2D eigenvalue weighted by atomic mass is 35.5. The lowest BCUT2D eigenvalue weighted by molar-refractivity contribution is -0.136. The summed E-state index contributed by atoms with van der Waals surface area (Å²) in [6, 6.07) is 5.04. The summed E-state index contributed by atoms with van der Waals surface area (Å²) < 4.78 is 5.06. The summed E-state index contributed by atoms with van der Waals surface area (Å²) in [5.74, 6) is -1.61. The number of halogens is 1. The van der Waals surface area contributed by atoms with Crippen LogP contribution in [0.3, 0.4) is 0 Å². The third-order valence-electron chi connectivity index (χ3n) is 3.38. The van der Waals surface area contributed by atoms with Gasteiger partial charge in [0, 0.05) is 30.3 Å². The van der Waals surface area contributed by atoms with E-state index < -0.39 is 17.4 Å². The molecule has 1 saturated heterocycles. The van der Waals surface area contributed by atoms with Crippen LogP contribution in [0.1, 0.15) is 12.0 Å². The second-order valence-corrected chi connectivity index (χ2v) is 5.48. The topological polar surface area (TPSA) is 87.7 Å². The van der Waals surface area contributed by atoms with Crippen molar-refractivity contribution in [1.29, 1.82) is 0 Å². The van der Waals surface area contributed by atoms with Crippen molar-refractivity contribution in [3.8, 4) is 0 Å². The van der Waals surface area contributed by atoms with Gasteiger partial charge < -0.3 is 20.5 Å². The van der Waals surface area contributed by atoms with Gasteiger partial charge in [-0.15, -0.1) is 0 Å². The summed E-state index contributed by atoms with van der Waals surface area (Å²) in [6.45, 7) is 2.32. The Balaban J connectivity index is 1.91. The van der Waals surface area contributed by atoms with E-state index in [4.69, 9.17) is 16.3 Å². The molecule has 1 aliphatic rings. The quantitative estimate of drug-likeness (QED) is 0.722. The molecule has 1 heterocycles. The Morgan fingerprint density at radius 2 is 2.19 bits per heavy atom. The number of ether oxygens (including phenoxy) is 1. The Morgan fingerprint density at radius 1 is 1.43 bits per heavy atom. The van der Waals surface area contributed by atoms with Gasteiger partial charge in [-0.2, -0.15) is 0 Å². The highest BCUT2D eigenvalue weighted by Crippen LogP contribution is 2.22. The van der Waals surface area contributed by atoms with E-state index in [1.807, 2.05) is 0 Å². The van der Waals surface area contributed by atoms with E-state index in [1.54, 1.807) is 25.1 Å². The molecule has 1 unspecified atom stereocenters. The molecule has 1 atom stereocenters. The van der Waals surface area contributed by atoms with Crippen molar-refractivity contribution in [3.05, 3.63) is 28.8 Å². The van der Waals surface area contributed by atoms with Crippen molar-refractivity contribution in [2.24, 2.45) is 0 Å². The zero-order valence-corrected chi connectivity index (χ0v) is 12.4. The summed E-state index contributed by atoms with van der Waals surface area (Å²) in [4.78, 5) is 23.5. The normalized spacial score (nSPS) is 21.1. The molecule has 2 rings (SSSR count). The molecule has 1 fully saturated rings. The Hall–Kier alpha value is -1.63. The Bertz CT molecular complexity index is 556. The molecule has 0 radical (unpaired) electrons. The standard InChI is InChI=1S/C14H17ClN2O4/c1-9-10(15)3-2-4-11(9)17-13(19)12(18)16-7-14(20)5-6-21-8-14/h2-4,20H,5-8H2,1H3,(H,16,18)(H,17,19). The number of rotatable bonds is 3. The molecule has 0 bridgehead atoms. The van der Waals surface area contributed by atoms with Gasteiger partial charge >= 0.3 is 11.8 Å². The lowest BCUT2D eigenvalue weighted by atomic mass is 10.0. The average molecular weight is 313 g/mol. The summed E-state index contributed by atoms with van der Waals surface area (Å²) in [7, 11) is 0. The summed E-state index contributed by atoms with van der Waals surface area (Å²) in [6.07, 6.45) is 0.433. The summed E-state index contributed by atoms with van der Waals surface area (Å²) in [5.41, 5.74) is 0.0655. The third kappa shape index (κ3) is 3.93. The van der Waals surface area contributed by atoms with E-state index in [9.17, 15) is 14.7 Å². The largest absolute Gasteiger partial charge is 0.386 e. The first-order valence-corrected chi connectivity index (χ1v) is 6.93. The van der Waals surface area contributed by atoms with Crippen molar-refractivity contribution in [3.63, 3.8) is 0 Å². The summed E-state index contributed by atoms with van der Waals surface area (Å²) >= 11 is 5.94. The van der Waals surface area contributed by atoms with Gasteiger partial charge in [-0.3, -0.25) is 9.59 Å². The Morgan fingerprint density at radius 3 is 2.86 bits per heavy atom. The van der Waals surface area contributed by atoms with E-state index in [1.165, 1.54) is 0 Å². The molecule has 2 amide bonds. The van der Waals surface area contributed by atoms with Crippen molar-refractivity contribution in [2.75, 3.05) is 25.1 Å². The van der Waals surface area contributed by atoms with Gasteiger partial charge in [0.1, 0.15) is 5.60 Å². The third-order valence-corrected chi connectivity index (χ3v) is 3.79. The van der Waals surface area contributed by atoms with Crippen LogP contribution in [0, 0.1) is 6.92 Å². The number of carbonyl (C=O) groups is 2. The molecule has 21 heavy (non-hydrogen) atoms. The molecule has 7 heteroatoms. The predicted molar refractivity (Wildman–Crippen MR) is 78.2 cm³/mol. The highest BCUT2D eigenvalue weighted by Gasteiger charge is 2.33. The van der Waals surface area contributed by atoms with Crippen LogP contribution in [0.15, 0.2) is 18.2 Å². The lowest BCUT2D eigenvalue weighted by Gasteiger charge is -2.20. The summed E-state index contributed by atoms with van der Waals surface area (Å²) in [5, 5.41) is 15.4. The Kier molecular flexibility index (Phi) is 4.82. The van der Waals surface area contributed by atoms with Gasteiger partial charge in [-0.1, -0.05) is 17.7 Å². The van der Waals surface area contributed by atoms with Crippen molar-refractivity contribution < 1.29 is 19.4 Å². The monoisotopic (exact) mass is 312 g/mol. The number of carbonyl (C=O) groups excluding carboxylic acids is 2. The molecule has 0 aliphatic carbocycles. The smallest absolute Gasteiger partial charge is 0.313 e. The van der Waals surface area contributed by atoms with E-state index in [0.717, 1.165) is 0 Å². The van der Waals surface area contributed by atoms with Crippen molar-refractivity contribution >= 4 is 29.1 Å². The number of anilines is 1. The van der Waals surface area contributed by atoms with Gasteiger partial charge in [-0.05, 0) is 24.6 Å². The fourth-order valence-electron chi connectivity index (χ4n) is 1.98. The lowest BCUT2D eigenvalue weighted by Crippen LogP contribution is -2.46. The second-order valence-electron chi connectivity index (χ2n) is 5.08. The zero-order chi connectivity index (χ0) is 15.5. The van der Waals surface area contributed by atoms with Crippen LogP contribution < -0.4 is 10.6 Å². The number of hydrogen-bond acceptors (Lipinski definition) is 4. The minimum Gasteiger partial charge on any atom is -0.386 e. The van der Waals surface area contributed by atoms with Gasteiger partial charge in [0.05, 0.1) is 6.61 Å². The van der Waals surface area contributed by atoms with Crippen LogP contribution in [-0.2, 0) is 14.3 Å². The van der Waals surface area contributed by atoms with Crippen LogP contribution in [-0.4, -0.2) is 42.3 Å². The van der Waals surface area contributed by atoms with Crippen LogP contribution in [0.4, 0.5) is 5.69 Å². The number of amides is 2. The Labute approximate surface area is 127 Å². The number of nitrogens with one attached hydrogen (secondary N) is 2. The first kappa shape index (κ1) is 15.8.